The average Bonchev–Trinajstić information content (AvgIpc) is 3.04. The lowest BCUT2D eigenvalue weighted by Gasteiger charge is -2.17. The van der Waals surface area contributed by atoms with Crippen molar-refractivity contribution in [2.24, 2.45) is 0 Å². The maximum Gasteiger partial charge on any atom is 0.163 e. The van der Waals surface area contributed by atoms with Crippen LogP contribution in [0.25, 0.3) is 11.4 Å². The second-order valence-electron chi connectivity index (χ2n) is 6.16. The van der Waals surface area contributed by atoms with Crippen LogP contribution in [0.15, 0.2) is 41.2 Å². The fraction of sp³-hybridized carbons (Fsp3) is 0.333. The molecule has 0 spiro atoms. The van der Waals surface area contributed by atoms with Crippen molar-refractivity contribution in [2.45, 2.75) is 33.2 Å². The Morgan fingerprint density at radius 1 is 1.21 bits per heavy atom. The minimum absolute atomic E-state index is 0.329. The van der Waals surface area contributed by atoms with Gasteiger partial charge in [0, 0.05) is 48.7 Å². The van der Waals surface area contributed by atoms with Gasteiger partial charge < -0.3 is 9.42 Å². The molecule has 0 aliphatic rings. The second kappa shape index (κ2) is 6.78. The molecule has 24 heavy (non-hydrogen) atoms. The number of hydrogen-bond acceptors (Lipinski definition) is 6. The van der Waals surface area contributed by atoms with Crippen LogP contribution >= 0.6 is 0 Å². The van der Waals surface area contributed by atoms with E-state index in [1.54, 1.807) is 12.4 Å². The SMILES string of the molecule is Cc1cc(N(C)Cc2cc(C(C)C)on2)nc(-c2cccnc2)n1. The number of aryl methyl sites for hydroxylation is 1. The van der Waals surface area contributed by atoms with Crippen LogP contribution in [0.1, 0.15) is 36.9 Å². The molecule has 0 bridgehead atoms. The van der Waals surface area contributed by atoms with Crippen LogP contribution in [0.5, 0.6) is 0 Å². The first-order valence-corrected chi connectivity index (χ1v) is 7.95. The first-order valence-electron chi connectivity index (χ1n) is 7.95. The maximum atomic E-state index is 5.36. The summed E-state index contributed by atoms with van der Waals surface area (Å²) < 4.78 is 5.36. The van der Waals surface area contributed by atoms with Crippen LogP contribution in [0.2, 0.25) is 0 Å². The van der Waals surface area contributed by atoms with Gasteiger partial charge in [-0.3, -0.25) is 4.98 Å². The summed E-state index contributed by atoms with van der Waals surface area (Å²) in [7, 11) is 1.98. The zero-order valence-corrected chi connectivity index (χ0v) is 14.4. The molecule has 3 aromatic rings. The first-order chi connectivity index (χ1) is 11.5. The number of hydrogen-bond donors (Lipinski definition) is 0. The van der Waals surface area contributed by atoms with Gasteiger partial charge in [0.05, 0.1) is 6.54 Å². The number of aromatic nitrogens is 4. The van der Waals surface area contributed by atoms with Gasteiger partial charge in [-0.2, -0.15) is 0 Å². The van der Waals surface area contributed by atoms with E-state index >= 15 is 0 Å². The van der Waals surface area contributed by atoms with Gasteiger partial charge in [-0.25, -0.2) is 9.97 Å². The van der Waals surface area contributed by atoms with Crippen LogP contribution in [0.4, 0.5) is 5.82 Å². The smallest absolute Gasteiger partial charge is 0.163 e. The van der Waals surface area contributed by atoms with Crippen molar-refractivity contribution in [1.29, 1.82) is 0 Å². The van der Waals surface area contributed by atoms with E-state index in [4.69, 9.17) is 4.52 Å². The molecule has 0 aliphatic heterocycles. The van der Waals surface area contributed by atoms with E-state index in [1.165, 1.54) is 0 Å². The van der Waals surface area contributed by atoms with Crippen molar-refractivity contribution >= 4 is 5.82 Å². The normalized spacial score (nSPS) is 11.0. The Kier molecular flexibility index (Phi) is 4.55. The summed E-state index contributed by atoms with van der Waals surface area (Å²) in [6, 6.07) is 7.80. The fourth-order valence-corrected chi connectivity index (χ4v) is 2.37. The third-order valence-corrected chi connectivity index (χ3v) is 3.70. The van der Waals surface area contributed by atoms with Crippen LogP contribution in [-0.4, -0.2) is 27.2 Å². The lowest BCUT2D eigenvalue weighted by atomic mass is 10.1. The topological polar surface area (TPSA) is 67.9 Å². The monoisotopic (exact) mass is 323 g/mol. The number of pyridine rings is 1. The molecule has 3 aromatic heterocycles. The quantitative estimate of drug-likeness (QED) is 0.714. The minimum Gasteiger partial charge on any atom is -0.361 e. The highest BCUT2D eigenvalue weighted by Gasteiger charge is 2.13. The summed E-state index contributed by atoms with van der Waals surface area (Å²) in [6.07, 6.45) is 3.51. The van der Waals surface area contributed by atoms with Crippen molar-refractivity contribution < 1.29 is 4.52 Å². The van der Waals surface area contributed by atoms with Gasteiger partial charge in [0.1, 0.15) is 17.3 Å². The molecule has 0 atom stereocenters. The molecule has 0 fully saturated rings. The highest BCUT2D eigenvalue weighted by molar-refractivity contribution is 5.56. The van der Waals surface area contributed by atoms with Crippen LogP contribution in [0, 0.1) is 6.92 Å². The highest BCUT2D eigenvalue weighted by Crippen LogP contribution is 2.21. The Hall–Kier alpha value is -2.76. The summed E-state index contributed by atoms with van der Waals surface area (Å²) in [4.78, 5) is 15.3. The van der Waals surface area contributed by atoms with E-state index in [9.17, 15) is 0 Å². The van der Waals surface area contributed by atoms with Crippen LogP contribution < -0.4 is 4.90 Å². The Balaban J connectivity index is 1.84. The molecule has 0 radical (unpaired) electrons. The highest BCUT2D eigenvalue weighted by atomic mass is 16.5. The van der Waals surface area contributed by atoms with Gasteiger partial charge in [-0.15, -0.1) is 0 Å². The lowest BCUT2D eigenvalue weighted by Crippen LogP contribution is -2.18. The molecule has 3 heterocycles. The lowest BCUT2D eigenvalue weighted by molar-refractivity contribution is 0.365. The predicted octanol–water partition coefficient (Wildman–Crippen LogP) is 3.59. The van der Waals surface area contributed by atoms with E-state index < -0.39 is 0 Å². The second-order valence-corrected chi connectivity index (χ2v) is 6.16. The molecule has 6 nitrogen and oxygen atoms in total. The zero-order valence-electron chi connectivity index (χ0n) is 14.4. The zero-order chi connectivity index (χ0) is 17.1. The van der Waals surface area contributed by atoms with Gasteiger partial charge in [0.15, 0.2) is 5.82 Å². The Morgan fingerprint density at radius 3 is 2.71 bits per heavy atom. The molecule has 0 saturated carbocycles. The van der Waals surface area contributed by atoms with E-state index in [0.717, 1.165) is 28.5 Å². The molecule has 0 aromatic carbocycles. The van der Waals surface area contributed by atoms with Crippen molar-refractivity contribution in [3.8, 4) is 11.4 Å². The molecular formula is C18H21N5O. The third-order valence-electron chi connectivity index (χ3n) is 3.70. The average molecular weight is 323 g/mol. The Bertz CT molecular complexity index is 813. The van der Waals surface area contributed by atoms with Gasteiger partial charge in [0.2, 0.25) is 0 Å². The molecular weight excluding hydrogens is 302 g/mol. The van der Waals surface area contributed by atoms with Gasteiger partial charge >= 0.3 is 0 Å². The van der Waals surface area contributed by atoms with E-state index in [0.29, 0.717) is 18.3 Å². The van der Waals surface area contributed by atoms with Gasteiger partial charge in [-0.1, -0.05) is 19.0 Å². The molecule has 0 saturated heterocycles. The summed E-state index contributed by atoms with van der Waals surface area (Å²) in [5, 5.41) is 4.14. The number of rotatable bonds is 5. The van der Waals surface area contributed by atoms with Crippen molar-refractivity contribution in [1.82, 2.24) is 20.1 Å². The molecule has 124 valence electrons. The Labute approximate surface area is 141 Å². The Morgan fingerprint density at radius 2 is 2.04 bits per heavy atom. The van der Waals surface area contributed by atoms with Gasteiger partial charge in [0.25, 0.3) is 0 Å². The fourth-order valence-electron chi connectivity index (χ4n) is 2.37. The van der Waals surface area contributed by atoms with E-state index in [1.807, 2.05) is 43.1 Å². The van der Waals surface area contributed by atoms with Crippen molar-refractivity contribution in [3.05, 3.63) is 53.8 Å². The van der Waals surface area contributed by atoms with E-state index in [2.05, 4.69) is 34.0 Å². The summed E-state index contributed by atoms with van der Waals surface area (Å²) in [6.45, 7) is 6.76. The minimum atomic E-state index is 0.329. The third kappa shape index (κ3) is 3.59. The summed E-state index contributed by atoms with van der Waals surface area (Å²) >= 11 is 0. The maximum absolute atomic E-state index is 5.36. The first kappa shape index (κ1) is 16.1. The van der Waals surface area contributed by atoms with Crippen LogP contribution in [0.3, 0.4) is 0 Å². The predicted molar refractivity (Wildman–Crippen MR) is 92.7 cm³/mol. The molecule has 0 aliphatic carbocycles. The van der Waals surface area contributed by atoms with E-state index in [-0.39, 0.29) is 0 Å². The summed E-state index contributed by atoms with van der Waals surface area (Å²) in [5.41, 5.74) is 2.70. The molecule has 6 heteroatoms. The van der Waals surface area contributed by atoms with Crippen molar-refractivity contribution in [2.75, 3.05) is 11.9 Å². The standard InChI is InChI=1S/C18H21N5O/c1-12(2)16-9-15(22-24-16)11-23(4)17-8-13(3)20-18(21-17)14-6-5-7-19-10-14/h5-10,12H,11H2,1-4H3. The largest absolute Gasteiger partial charge is 0.361 e. The molecule has 0 unspecified atom stereocenters. The number of anilines is 1. The molecule has 3 rings (SSSR count). The van der Waals surface area contributed by atoms with Crippen molar-refractivity contribution in [3.63, 3.8) is 0 Å². The number of nitrogens with zero attached hydrogens (tertiary/aromatic N) is 5. The molecule has 0 amide bonds. The van der Waals surface area contributed by atoms with Crippen LogP contribution in [-0.2, 0) is 6.54 Å². The molecule has 0 N–H and O–H groups in total. The van der Waals surface area contributed by atoms with Gasteiger partial charge in [-0.05, 0) is 19.1 Å². The summed E-state index contributed by atoms with van der Waals surface area (Å²) in [5.74, 6) is 2.74.